The number of benzene rings is 2. The number of nitrogens with zero attached hydrogens (tertiary/aromatic N) is 4. The Balaban J connectivity index is 1.47. The van der Waals surface area contributed by atoms with Crippen LogP contribution in [-0.4, -0.2) is 50.2 Å². The Morgan fingerprint density at radius 2 is 1.76 bits per heavy atom. The van der Waals surface area contributed by atoms with Crippen LogP contribution in [0.2, 0.25) is 0 Å². The van der Waals surface area contributed by atoms with E-state index in [0.29, 0.717) is 16.4 Å². The molecule has 0 aliphatic carbocycles. The van der Waals surface area contributed by atoms with Crippen LogP contribution >= 0.6 is 11.8 Å². The molecule has 148 valence electrons. The van der Waals surface area contributed by atoms with Gasteiger partial charge in [0.2, 0.25) is 11.1 Å². The van der Waals surface area contributed by atoms with Gasteiger partial charge in [-0.2, -0.15) is 0 Å². The summed E-state index contributed by atoms with van der Waals surface area (Å²) in [6.45, 7) is -0.338. The van der Waals surface area contributed by atoms with E-state index in [4.69, 9.17) is 4.74 Å². The van der Waals surface area contributed by atoms with Crippen LogP contribution < -0.4 is 5.32 Å². The average Bonchev–Trinajstić information content (AvgIpc) is 3.16. The number of aryl methyl sites for hydroxylation is 1. The van der Waals surface area contributed by atoms with E-state index in [0.717, 1.165) is 0 Å². The predicted molar refractivity (Wildman–Crippen MR) is 106 cm³/mol. The molecule has 0 fully saturated rings. The van der Waals surface area contributed by atoms with Gasteiger partial charge in [-0.3, -0.25) is 9.59 Å². The molecule has 0 aliphatic rings. The summed E-state index contributed by atoms with van der Waals surface area (Å²) in [6.07, 6.45) is 0. The summed E-state index contributed by atoms with van der Waals surface area (Å²) in [4.78, 5) is 36.1. The highest BCUT2D eigenvalue weighted by molar-refractivity contribution is 7.99. The summed E-state index contributed by atoms with van der Waals surface area (Å²) in [5.74, 6) is -0.989. The highest BCUT2D eigenvalue weighted by Gasteiger charge is 2.12. The number of carbonyl (C=O) groups excluding carboxylic acids is 3. The van der Waals surface area contributed by atoms with Gasteiger partial charge in [0.05, 0.1) is 11.3 Å². The number of thioether (sulfide) groups is 1. The molecule has 0 radical (unpaired) electrons. The van der Waals surface area contributed by atoms with Crippen LogP contribution in [0.1, 0.15) is 20.7 Å². The van der Waals surface area contributed by atoms with Gasteiger partial charge in [0, 0.05) is 18.3 Å². The Morgan fingerprint density at radius 3 is 2.41 bits per heavy atom. The van der Waals surface area contributed by atoms with Crippen molar-refractivity contribution in [2.24, 2.45) is 7.05 Å². The van der Waals surface area contributed by atoms with Crippen LogP contribution in [0.15, 0.2) is 59.8 Å². The first kappa shape index (κ1) is 20.2. The zero-order valence-electron chi connectivity index (χ0n) is 15.4. The topological polar surface area (TPSA) is 116 Å². The summed E-state index contributed by atoms with van der Waals surface area (Å²) >= 11 is 1.21. The van der Waals surface area contributed by atoms with E-state index >= 15 is 0 Å². The molecule has 2 aromatic carbocycles. The molecule has 1 heterocycles. The summed E-state index contributed by atoms with van der Waals surface area (Å²) in [6, 6.07) is 14.8. The number of ether oxygens (including phenoxy) is 1. The molecule has 0 atom stereocenters. The zero-order valence-corrected chi connectivity index (χ0v) is 16.3. The molecule has 0 spiro atoms. The number of carbonyl (C=O) groups is 3. The molecule has 3 aromatic rings. The zero-order chi connectivity index (χ0) is 20.6. The van der Waals surface area contributed by atoms with E-state index < -0.39 is 5.97 Å². The third-order valence-corrected chi connectivity index (χ3v) is 4.76. The Kier molecular flexibility index (Phi) is 6.69. The van der Waals surface area contributed by atoms with Crippen molar-refractivity contribution in [2.75, 3.05) is 17.7 Å². The highest BCUT2D eigenvalue weighted by atomic mass is 32.2. The van der Waals surface area contributed by atoms with Crippen LogP contribution in [0.5, 0.6) is 0 Å². The largest absolute Gasteiger partial charge is 0.454 e. The third-order valence-electron chi connectivity index (χ3n) is 3.75. The van der Waals surface area contributed by atoms with Gasteiger partial charge in [-0.25, -0.2) is 9.48 Å². The standard InChI is InChI=1S/C19H17N5O4S/c1-24-19(21-22-23-24)29-12-17(26)20-15-9-7-14(8-10-15)18(27)28-11-16(25)13-5-3-2-4-6-13/h2-10H,11-12H2,1H3,(H,20,26). The van der Waals surface area contributed by atoms with Gasteiger partial charge < -0.3 is 10.1 Å². The normalized spacial score (nSPS) is 10.4. The molecule has 10 heteroatoms. The average molecular weight is 411 g/mol. The van der Waals surface area contributed by atoms with Crippen molar-refractivity contribution in [3.05, 3.63) is 65.7 Å². The second-order valence-electron chi connectivity index (χ2n) is 5.86. The van der Waals surface area contributed by atoms with Crippen LogP contribution in [-0.2, 0) is 16.6 Å². The van der Waals surface area contributed by atoms with Gasteiger partial charge >= 0.3 is 5.97 Å². The van der Waals surface area contributed by atoms with Crippen molar-refractivity contribution in [1.82, 2.24) is 20.2 Å². The smallest absolute Gasteiger partial charge is 0.338 e. The first-order valence-corrected chi connectivity index (χ1v) is 9.52. The second kappa shape index (κ2) is 9.60. The lowest BCUT2D eigenvalue weighted by atomic mass is 10.1. The minimum absolute atomic E-state index is 0.138. The number of anilines is 1. The molecular formula is C19H17N5O4S. The Bertz CT molecular complexity index is 1000. The third kappa shape index (κ3) is 5.72. The van der Waals surface area contributed by atoms with E-state index in [-0.39, 0.29) is 29.6 Å². The number of hydrogen-bond donors (Lipinski definition) is 1. The number of tetrazole rings is 1. The monoisotopic (exact) mass is 411 g/mol. The molecule has 0 saturated heterocycles. The minimum Gasteiger partial charge on any atom is -0.454 e. The molecule has 0 bridgehead atoms. The van der Waals surface area contributed by atoms with Crippen LogP contribution in [0, 0.1) is 0 Å². The van der Waals surface area contributed by atoms with Crippen LogP contribution in [0.3, 0.4) is 0 Å². The Morgan fingerprint density at radius 1 is 1.03 bits per heavy atom. The lowest BCUT2D eigenvalue weighted by molar-refractivity contribution is -0.113. The maximum atomic E-state index is 12.1. The second-order valence-corrected chi connectivity index (χ2v) is 6.81. The molecule has 0 saturated carbocycles. The van der Waals surface area contributed by atoms with E-state index in [1.807, 2.05) is 0 Å². The number of hydrogen-bond acceptors (Lipinski definition) is 8. The minimum atomic E-state index is -0.613. The van der Waals surface area contributed by atoms with Crippen molar-refractivity contribution >= 4 is 35.1 Å². The van der Waals surface area contributed by atoms with Gasteiger partial charge in [-0.05, 0) is 34.7 Å². The number of esters is 1. The van der Waals surface area contributed by atoms with Gasteiger partial charge in [-0.1, -0.05) is 42.1 Å². The lowest BCUT2D eigenvalue weighted by Crippen LogP contribution is -2.15. The summed E-state index contributed by atoms with van der Waals surface area (Å²) in [5.41, 5.74) is 1.29. The number of ketones is 1. The van der Waals surface area contributed by atoms with Crippen molar-refractivity contribution in [1.29, 1.82) is 0 Å². The van der Waals surface area contributed by atoms with Gasteiger partial charge in [0.1, 0.15) is 0 Å². The van der Waals surface area contributed by atoms with E-state index in [1.165, 1.54) is 28.6 Å². The summed E-state index contributed by atoms with van der Waals surface area (Å²) < 4.78 is 6.53. The number of amides is 1. The van der Waals surface area contributed by atoms with Gasteiger partial charge in [-0.15, -0.1) is 5.10 Å². The maximum absolute atomic E-state index is 12.1. The Labute approximate surface area is 170 Å². The van der Waals surface area contributed by atoms with Crippen LogP contribution in [0.25, 0.3) is 0 Å². The molecule has 9 nitrogen and oxygen atoms in total. The predicted octanol–water partition coefficient (Wildman–Crippen LogP) is 1.98. The summed E-state index contributed by atoms with van der Waals surface area (Å²) in [7, 11) is 1.69. The molecule has 29 heavy (non-hydrogen) atoms. The molecule has 1 N–H and O–H groups in total. The quantitative estimate of drug-likeness (QED) is 0.340. The number of rotatable bonds is 8. The fourth-order valence-corrected chi connectivity index (χ4v) is 2.93. The van der Waals surface area contributed by atoms with E-state index in [9.17, 15) is 14.4 Å². The molecule has 0 aliphatic heterocycles. The molecule has 1 amide bonds. The first-order chi connectivity index (χ1) is 14.0. The van der Waals surface area contributed by atoms with Gasteiger partial charge in [0.25, 0.3) is 0 Å². The molecule has 3 rings (SSSR count). The Hall–Kier alpha value is -3.53. The molecule has 0 unspecified atom stereocenters. The SMILES string of the molecule is Cn1nnnc1SCC(=O)Nc1ccc(C(=O)OCC(=O)c2ccccc2)cc1. The van der Waals surface area contributed by atoms with Crippen molar-refractivity contribution in [3.63, 3.8) is 0 Å². The highest BCUT2D eigenvalue weighted by Crippen LogP contribution is 2.15. The number of aromatic nitrogens is 4. The number of Topliss-reactive ketones (excluding diaryl/α,β-unsaturated/α-hetero) is 1. The summed E-state index contributed by atoms with van der Waals surface area (Å²) in [5, 5.41) is 14.2. The fraction of sp³-hybridized carbons (Fsp3) is 0.158. The number of nitrogens with one attached hydrogen (secondary N) is 1. The van der Waals surface area contributed by atoms with Crippen LogP contribution in [0.4, 0.5) is 5.69 Å². The molecular weight excluding hydrogens is 394 g/mol. The van der Waals surface area contributed by atoms with E-state index in [1.54, 1.807) is 49.5 Å². The van der Waals surface area contributed by atoms with Crippen molar-refractivity contribution in [3.8, 4) is 0 Å². The first-order valence-electron chi connectivity index (χ1n) is 8.53. The maximum Gasteiger partial charge on any atom is 0.338 e. The molecule has 1 aromatic heterocycles. The van der Waals surface area contributed by atoms with E-state index in [2.05, 4.69) is 20.8 Å². The van der Waals surface area contributed by atoms with Crippen molar-refractivity contribution < 1.29 is 19.1 Å². The van der Waals surface area contributed by atoms with Crippen molar-refractivity contribution in [2.45, 2.75) is 5.16 Å². The van der Waals surface area contributed by atoms with Gasteiger partial charge in [0.15, 0.2) is 12.4 Å². The lowest BCUT2D eigenvalue weighted by Gasteiger charge is -2.07. The fourth-order valence-electron chi connectivity index (χ4n) is 2.28.